The van der Waals surface area contributed by atoms with Crippen LogP contribution in [0.1, 0.15) is 5.56 Å². The van der Waals surface area contributed by atoms with Crippen LogP contribution in [0, 0.1) is 12.3 Å². The molecule has 0 N–H and O–H groups in total. The zero-order chi connectivity index (χ0) is 12.5. The zero-order valence-electron chi connectivity index (χ0n) is 10.1. The highest BCUT2D eigenvalue weighted by Crippen LogP contribution is 2.26. The number of benzene rings is 3. The lowest BCUT2D eigenvalue weighted by Gasteiger charge is -2.05. The summed E-state index contributed by atoms with van der Waals surface area (Å²) in [6.45, 7) is 0. The van der Waals surface area contributed by atoms with E-state index in [9.17, 15) is 0 Å². The highest BCUT2D eigenvalue weighted by Gasteiger charge is 2.00. The second kappa shape index (κ2) is 4.09. The van der Waals surface area contributed by atoms with Gasteiger partial charge in [0, 0.05) is 5.56 Å². The molecule has 0 aliphatic heterocycles. The Kier molecular flexibility index (Phi) is 2.42. The number of hydrogen-bond donors (Lipinski definition) is 0. The van der Waals surface area contributed by atoms with Gasteiger partial charge in [0.05, 0.1) is 7.11 Å². The molecule has 0 atom stereocenters. The first-order chi connectivity index (χ1) is 8.80. The summed E-state index contributed by atoms with van der Waals surface area (Å²) in [5, 5.41) is 4.73. The maximum Gasteiger partial charge on any atom is 0.119 e. The molecule has 1 heteroatoms. The normalized spacial score (nSPS) is 10.4. The smallest absolute Gasteiger partial charge is 0.119 e. The lowest BCUT2D eigenvalue weighted by atomic mass is 10.0. The van der Waals surface area contributed by atoms with Gasteiger partial charge in [-0.3, -0.25) is 0 Å². The molecule has 0 spiro atoms. The Labute approximate surface area is 106 Å². The average molecular weight is 232 g/mol. The maximum atomic E-state index is 5.42. The largest absolute Gasteiger partial charge is 0.497 e. The van der Waals surface area contributed by atoms with Crippen molar-refractivity contribution >= 4 is 21.5 Å². The van der Waals surface area contributed by atoms with Crippen molar-refractivity contribution in [3.05, 3.63) is 54.1 Å². The molecule has 3 aromatic rings. The van der Waals surface area contributed by atoms with Gasteiger partial charge >= 0.3 is 0 Å². The van der Waals surface area contributed by atoms with E-state index in [-0.39, 0.29) is 0 Å². The van der Waals surface area contributed by atoms with Crippen molar-refractivity contribution in [3.8, 4) is 18.1 Å². The summed E-state index contributed by atoms with van der Waals surface area (Å²) in [7, 11) is 1.68. The molecule has 0 bridgehead atoms. The Morgan fingerprint density at radius 1 is 0.833 bits per heavy atom. The van der Waals surface area contributed by atoms with Crippen molar-refractivity contribution < 1.29 is 4.74 Å². The number of hydrogen-bond acceptors (Lipinski definition) is 1. The van der Waals surface area contributed by atoms with Crippen LogP contribution >= 0.6 is 0 Å². The summed E-state index contributed by atoms with van der Waals surface area (Å²) in [5.74, 6) is 3.54. The molecule has 0 aliphatic carbocycles. The fraction of sp³-hybridized carbons (Fsp3) is 0.0588. The molecule has 0 radical (unpaired) electrons. The first-order valence-corrected chi connectivity index (χ1v) is 5.78. The third-order valence-electron chi connectivity index (χ3n) is 3.17. The lowest BCUT2D eigenvalue weighted by Crippen LogP contribution is -1.83. The molecule has 0 aliphatic rings. The van der Waals surface area contributed by atoms with E-state index in [0.29, 0.717) is 0 Å². The van der Waals surface area contributed by atoms with Crippen LogP contribution in [0.2, 0.25) is 0 Å². The minimum atomic E-state index is 0.877. The lowest BCUT2D eigenvalue weighted by molar-refractivity contribution is 0.415. The summed E-state index contributed by atoms with van der Waals surface area (Å²) < 4.78 is 5.24. The van der Waals surface area contributed by atoms with E-state index in [0.717, 1.165) is 11.3 Å². The first kappa shape index (κ1) is 10.7. The molecule has 86 valence electrons. The maximum absolute atomic E-state index is 5.42. The van der Waals surface area contributed by atoms with Gasteiger partial charge in [0.1, 0.15) is 5.75 Å². The molecule has 0 aromatic heterocycles. The van der Waals surface area contributed by atoms with E-state index < -0.39 is 0 Å². The van der Waals surface area contributed by atoms with E-state index in [4.69, 9.17) is 11.2 Å². The van der Waals surface area contributed by atoms with Crippen molar-refractivity contribution in [2.24, 2.45) is 0 Å². The van der Waals surface area contributed by atoms with Crippen LogP contribution in [0.4, 0.5) is 0 Å². The Morgan fingerprint density at radius 3 is 2.17 bits per heavy atom. The van der Waals surface area contributed by atoms with Crippen LogP contribution in [0.3, 0.4) is 0 Å². The van der Waals surface area contributed by atoms with E-state index in [2.05, 4.69) is 30.2 Å². The summed E-state index contributed by atoms with van der Waals surface area (Å²) >= 11 is 0. The third kappa shape index (κ3) is 1.69. The summed E-state index contributed by atoms with van der Waals surface area (Å²) in [5.41, 5.74) is 0.912. The number of terminal acetylenes is 1. The van der Waals surface area contributed by atoms with Gasteiger partial charge in [-0.25, -0.2) is 0 Å². The fourth-order valence-electron chi connectivity index (χ4n) is 2.19. The van der Waals surface area contributed by atoms with Gasteiger partial charge < -0.3 is 4.74 Å². The highest BCUT2D eigenvalue weighted by atomic mass is 16.5. The van der Waals surface area contributed by atoms with E-state index in [1.165, 1.54) is 21.5 Å². The molecule has 0 amide bonds. The van der Waals surface area contributed by atoms with Crippen molar-refractivity contribution in [3.63, 3.8) is 0 Å². The van der Waals surface area contributed by atoms with Crippen molar-refractivity contribution in [1.82, 2.24) is 0 Å². The van der Waals surface area contributed by atoms with Gasteiger partial charge in [-0.15, -0.1) is 6.42 Å². The van der Waals surface area contributed by atoms with E-state index in [1.54, 1.807) is 7.11 Å². The molecule has 3 aromatic carbocycles. The number of methoxy groups -OCH3 is 1. The quantitative estimate of drug-likeness (QED) is 0.455. The first-order valence-electron chi connectivity index (χ1n) is 5.78. The second-order valence-electron chi connectivity index (χ2n) is 4.27. The molecular weight excluding hydrogens is 220 g/mol. The summed E-state index contributed by atoms with van der Waals surface area (Å²) in [6.07, 6.45) is 5.42. The Bertz CT molecular complexity index is 779. The zero-order valence-corrected chi connectivity index (χ0v) is 10.1. The predicted octanol–water partition coefficient (Wildman–Crippen LogP) is 3.98. The summed E-state index contributed by atoms with van der Waals surface area (Å²) in [4.78, 5) is 0. The number of rotatable bonds is 1. The van der Waals surface area contributed by atoms with Gasteiger partial charge in [-0.2, -0.15) is 0 Å². The highest BCUT2D eigenvalue weighted by molar-refractivity contribution is 5.99. The van der Waals surface area contributed by atoms with Crippen LogP contribution in [-0.2, 0) is 0 Å². The van der Waals surface area contributed by atoms with E-state index in [1.807, 2.05) is 24.3 Å². The molecular formula is C17H12O. The molecule has 1 nitrogen and oxygen atoms in total. The minimum Gasteiger partial charge on any atom is -0.497 e. The van der Waals surface area contributed by atoms with Crippen LogP contribution in [0.25, 0.3) is 21.5 Å². The van der Waals surface area contributed by atoms with Crippen LogP contribution in [-0.4, -0.2) is 7.11 Å². The van der Waals surface area contributed by atoms with Gasteiger partial charge in [-0.05, 0) is 57.9 Å². The molecule has 0 saturated carbocycles. The Hall–Kier alpha value is -2.46. The fourth-order valence-corrected chi connectivity index (χ4v) is 2.19. The van der Waals surface area contributed by atoms with Gasteiger partial charge in [-0.1, -0.05) is 18.1 Å². The molecule has 0 saturated heterocycles. The van der Waals surface area contributed by atoms with Crippen LogP contribution < -0.4 is 4.74 Å². The predicted molar refractivity (Wildman–Crippen MR) is 75.9 cm³/mol. The van der Waals surface area contributed by atoms with Crippen molar-refractivity contribution in [2.75, 3.05) is 7.11 Å². The third-order valence-corrected chi connectivity index (χ3v) is 3.17. The standard InChI is InChI=1S/C17H12O/c1-3-12-4-5-13-10-16-11-17(18-2)7-6-14(16)9-15(13)8-12/h1,4-11H,2H3. The SMILES string of the molecule is C#Cc1ccc2cc3cc(OC)ccc3cc2c1. The molecule has 0 fully saturated rings. The van der Waals surface area contributed by atoms with Crippen molar-refractivity contribution in [2.45, 2.75) is 0 Å². The molecule has 18 heavy (non-hydrogen) atoms. The molecule has 0 unspecified atom stereocenters. The Morgan fingerprint density at radius 2 is 1.50 bits per heavy atom. The summed E-state index contributed by atoms with van der Waals surface area (Å²) in [6, 6.07) is 16.5. The van der Waals surface area contributed by atoms with Crippen LogP contribution in [0.5, 0.6) is 5.75 Å². The van der Waals surface area contributed by atoms with Gasteiger partial charge in [0.2, 0.25) is 0 Å². The van der Waals surface area contributed by atoms with Gasteiger partial charge in [0.25, 0.3) is 0 Å². The van der Waals surface area contributed by atoms with Crippen molar-refractivity contribution in [1.29, 1.82) is 0 Å². The molecule has 3 rings (SSSR count). The second-order valence-corrected chi connectivity index (χ2v) is 4.27. The topological polar surface area (TPSA) is 9.23 Å². The van der Waals surface area contributed by atoms with E-state index >= 15 is 0 Å². The minimum absolute atomic E-state index is 0.877. The Balaban J connectivity index is 2.32. The van der Waals surface area contributed by atoms with Crippen LogP contribution in [0.15, 0.2) is 48.5 Å². The average Bonchev–Trinajstić information content (AvgIpc) is 2.43. The molecule has 0 heterocycles. The van der Waals surface area contributed by atoms with Gasteiger partial charge in [0.15, 0.2) is 0 Å². The number of fused-ring (bicyclic) bond motifs is 2. The number of ether oxygens (including phenoxy) is 1. The monoisotopic (exact) mass is 232 g/mol.